The molecule has 6 heteroatoms. The molecule has 1 aromatic heterocycles. The van der Waals surface area contributed by atoms with Crippen LogP contribution in [0.25, 0.3) is 10.9 Å². The fourth-order valence-corrected chi connectivity index (χ4v) is 2.32. The summed E-state index contributed by atoms with van der Waals surface area (Å²) in [4.78, 5) is 8.13. The maximum atomic E-state index is 9.84. The Morgan fingerprint density at radius 3 is 2.50 bits per heavy atom. The Morgan fingerprint density at radius 1 is 1.00 bits per heavy atom. The van der Waals surface area contributed by atoms with E-state index in [0.29, 0.717) is 28.0 Å². The molecule has 5 N–H and O–H groups in total. The molecule has 2 aromatic carbocycles. The highest BCUT2D eigenvalue weighted by atomic mass is 16.5. The number of benzene rings is 2. The number of aliphatic hydroxyl groups excluding tert-OH is 1. The van der Waals surface area contributed by atoms with Crippen molar-refractivity contribution in [3.05, 3.63) is 48.0 Å². The average molecular weight is 296 g/mol. The van der Waals surface area contributed by atoms with E-state index in [9.17, 15) is 5.11 Å². The largest absolute Gasteiger partial charge is 0.456 e. The van der Waals surface area contributed by atoms with Gasteiger partial charge in [-0.05, 0) is 25.1 Å². The van der Waals surface area contributed by atoms with Crippen LogP contribution in [0.4, 0.5) is 11.8 Å². The lowest BCUT2D eigenvalue weighted by molar-refractivity contribution is 0.195. The zero-order valence-corrected chi connectivity index (χ0v) is 12.0. The van der Waals surface area contributed by atoms with E-state index in [0.717, 1.165) is 0 Å². The van der Waals surface area contributed by atoms with Crippen molar-refractivity contribution in [2.45, 2.75) is 13.0 Å². The van der Waals surface area contributed by atoms with Gasteiger partial charge in [0.25, 0.3) is 0 Å². The molecule has 0 radical (unpaired) electrons. The van der Waals surface area contributed by atoms with E-state index in [1.165, 1.54) is 0 Å². The van der Waals surface area contributed by atoms with Crippen molar-refractivity contribution in [2.75, 3.05) is 11.5 Å². The monoisotopic (exact) mass is 296 g/mol. The number of aliphatic hydroxyl groups is 1. The summed E-state index contributed by atoms with van der Waals surface area (Å²) >= 11 is 0. The molecule has 0 spiro atoms. The minimum atomic E-state index is -0.643. The Morgan fingerprint density at radius 2 is 1.73 bits per heavy atom. The molecule has 0 aliphatic carbocycles. The smallest absolute Gasteiger partial charge is 0.222 e. The lowest BCUT2D eigenvalue weighted by Crippen LogP contribution is -2.02. The molecule has 22 heavy (non-hydrogen) atoms. The van der Waals surface area contributed by atoms with Gasteiger partial charge >= 0.3 is 0 Å². The first-order chi connectivity index (χ1) is 10.6. The zero-order chi connectivity index (χ0) is 15.7. The Balaban J connectivity index is 2.13. The quantitative estimate of drug-likeness (QED) is 0.685. The van der Waals surface area contributed by atoms with Gasteiger partial charge in [0.2, 0.25) is 5.95 Å². The summed E-state index contributed by atoms with van der Waals surface area (Å²) in [5, 5.41) is 10.4. The normalized spacial score (nSPS) is 12.3. The van der Waals surface area contributed by atoms with Crippen LogP contribution in [-0.4, -0.2) is 15.1 Å². The minimum absolute atomic E-state index is 0.117. The molecular formula is C16H16N4O2. The van der Waals surface area contributed by atoms with Crippen molar-refractivity contribution in [2.24, 2.45) is 0 Å². The van der Waals surface area contributed by atoms with Gasteiger partial charge in [0, 0.05) is 5.56 Å². The van der Waals surface area contributed by atoms with Crippen molar-refractivity contribution in [3.8, 4) is 11.5 Å². The highest BCUT2D eigenvalue weighted by molar-refractivity contribution is 5.94. The van der Waals surface area contributed by atoms with Crippen LogP contribution in [-0.2, 0) is 0 Å². The third-order valence-electron chi connectivity index (χ3n) is 3.32. The van der Waals surface area contributed by atoms with Crippen LogP contribution in [0, 0.1) is 0 Å². The number of nitrogens with two attached hydrogens (primary N) is 2. The number of nitrogen functional groups attached to an aromatic ring is 2. The molecule has 0 saturated heterocycles. The van der Waals surface area contributed by atoms with Crippen LogP contribution in [0.2, 0.25) is 0 Å². The van der Waals surface area contributed by atoms with Crippen LogP contribution in [0.1, 0.15) is 18.6 Å². The van der Waals surface area contributed by atoms with Gasteiger partial charge in [-0.2, -0.15) is 4.98 Å². The first kappa shape index (κ1) is 14.1. The Labute approximate surface area is 127 Å². The topological polar surface area (TPSA) is 107 Å². The summed E-state index contributed by atoms with van der Waals surface area (Å²) in [6, 6.07) is 12.6. The molecule has 1 atom stereocenters. The number of rotatable bonds is 3. The Hall–Kier alpha value is -2.86. The zero-order valence-electron chi connectivity index (χ0n) is 12.0. The van der Waals surface area contributed by atoms with Crippen LogP contribution in [0.5, 0.6) is 11.5 Å². The molecule has 6 nitrogen and oxygen atoms in total. The highest BCUT2D eigenvalue weighted by Gasteiger charge is 2.13. The van der Waals surface area contributed by atoms with Gasteiger partial charge in [-0.25, -0.2) is 4.98 Å². The number of para-hydroxylation sites is 1. The first-order valence-electron chi connectivity index (χ1n) is 6.83. The van der Waals surface area contributed by atoms with Crippen LogP contribution in [0.3, 0.4) is 0 Å². The van der Waals surface area contributed by atoms with Crippen molar-refractivity contribution in [1.29, 1.82) is 0 Å². The summed E-state index contributed by atoms with van der Waals surface area (Å²) in [5.41, 5.74) is 12.9. The van der Waals surface area contributed by atoms with E-state index < -0.39 is 6.10 Å². The molecule has 0 saturated carbocycles. The first-order valence-corrected chi connectivity index (χ1v) is 6.83. The molecule has 112 valence electrons. The van der Waals surface area contributed by atoms with Gasteiger partial charge < -0.3 is 21.3 Å². The minimum Gasteiger partial charge on any atom is -0.456 e. The van der Waals surface area contributed by atoms with E-state index >= 15 is 0 Å². The number of ether oxygens (including phenoxy) is 1. The maximum absolute atomic E-state index is 9.84. The van der Waals surface area contributed by atoms with E-state index in [1.54, 1.807) is 31.2 Å². The lowest BCUT2D eigenvalue weighted by atomic mass is 10.1. The fourth-order valence-electron chi connectivity index (χ4n) is 2.32. The summed E-state index contributed by atoms with van der Waals surface area (Å²) in [6.07, 6.45) is -0.643. The van der Waals surface area contributed by atoms with Gasteiger partial charge in [0.05, 0.1) is 17.0 Å². The summed E-state index contributed by atoms with van der Waals surface area (Å²) < 4.78 is 5.94. The number of hydrogen-bond donors (Lipinski definition) is 3. The van der Waals surface area contributed by atoms with Gasteiger partial charge in [-0.3, -0.25) is 0 Å². The second kappa shape index (κ2) is 5.50. The number of aromatic nitrogens is 2. The number of nitrogens with zero attached hydrogens (tertiary/aromatic N) is 2. The third kappa shape index (κ3) is 2.51. The van der Waals surface area contributed by atoms with Crippen molar-refractivity contribution >= 4 is 22.7 Å². The lowest BCUT2D eigenvalue weighted by Gasteiger charge is -2.14. The third-order valence-corrected chi connectivity index (χ3v) is 3.32. The predicted molar refractivity (Wildman–Crippen MR) is 85.5 cm³/mol. The molecule has 0 amide bonds. The van der Waals surface area contributed by atoms with Gasteiger partial charge in [-0.1, -0.05) is 24.3 Å². The van der Waals surface area contributed by atoms with Crippen molar-refractivity contribution in [3.63, 3.8) is 0 Å². The molecule has 0 aliphatic heterocycles. The Kier molecular flexibility index (Phi) is 3.52. The maximum Gasteiger partial charge on any atom is 0.222 e. The van der Waals surface area contributed by atoms with E-state index in [2.05, 4.69) is 9.97 Å². The van der Waals surface area contributed by atoms with Gasteiger partial charge in [0.1, 0.15) is 17.3 Å². The highest BCUT2D eigenvalue weighted by Crippen LogP contribution is 2.35. The molecule has 3 aromatic rings. The molecule has 0 bridgehead atoms. The predicted octanol–water partition coefficient (Wildman–Crippen LogP) is 2.64. The van der Waals surface area contributed by atoms with Gasteiger partial charge in [-0.15, -0.1) is 0 Å². The van der Waals surface area contributed by atoms with E-state index in [4.69, 9.17) is 16.2 Å². The number of hydrogen-bond acceptors (Lipinski definition) is 6. The molecule has 1 heterocycles. The summed E-state index contributed by atoms with van der Waals surface area (Å²) in [7, 11) is 0. The molecule has 1 unspecified atom stereocenters. The SMILES string of the molecule is CC(O)c1ccccc1Oc1cccc2nc(N)nc(N)c12. The van der Waals surface area contributed by atoms with E-state index in [1.807, 2.05) is 18.2 Å². The standard InChI is InChI=1S/C16H16N4O2/c1-9(21)10-5-2-3-7-12(10)22-13-8-4-6-11-14(13)15(17)20-16(18)19-11/h2-9,21H,1H3,(H4,17,18,19,20). The van der Waals surface area contributed by atoms with Crippen LogP contribution >= 0.6 is 0 Å². The number of anilines is 2. The number of fused-ring (bicyclic) bond motifs is 1. The summed E-state index contributed by atoms with van der Waals surface area (Å²) in [5.74, 6) is 1.45. The fraction of sp³-hybridized carbons (Fsp3) is 0.125. The van der Waals surface area contributed by atoms with Crippen LogP contribution < -0.4 is 16.2 Å². The average Bonchev–Trinajstić information content (AvgIpc) is 2.47. The molecule has 0 aliphatic rings. The second-order valence-corrected chi connectivity index (χ2v) is 4.93. The Bertz CT molecular complexity index is 833. The molecule has 0 fully saturated rings. The van der Waals surface area contributed by atoms with Crippen molar-refractivity contribution < 1.29 is 9.84 Å². The molecule has 3 rings (SSSR count). The summed E-state index contributed by atoms with van der Waals surface area (Å²) in [6.45, 7) is 1.68. The second-order valence-electron chi connectivity index (χ2n) is 4.93. The van der Waals surface area contributed by atoms with Crippen LogP contribution in [0.15, 0.2) is 42.5 Å². The molecular weight excluding hydrogens is 280 g/mol. The van der Waals surface area contributed by atoms with E-state index in [-0.39, 0.29) is 11.8 Å². The van der Waals surface area contributed by atoms with Gasteiger partial charge in [0.15, 0.2) is 0 Å². The van der Waals surface area contributed by atoms with Crippen molar-refractivity contribution in [1.82, 2.24) is 9.97 Å².